The summed E-state index contributed by atoms with van der Waals surface area (Å²) in [5.74, 6) is 1.89. The number of unbranched alkanes of at least 4 members (excludes halogenated alkanes) is 2. The molecule has 4 nitrogen and oxygen atoms in total. The van der Waals surface area contributed by atoms with Gasteiger partial charge in [-0.15, -0.1) is 0 Å². The average molecular weight is 387 g/mol. The van der Waals surface area contributed by atoms with Gasteiger partial charge in [0.1, 0.15) is 11.5 Å². The van der Waals surface area contributed by atoms with Crippen molar-refractivity contribution in [3.8, 4) is 22.6 Å². The number of ether oxygens (including phenoxy) is 2. The third-order valence-electron chi connectivity index (χ3n) is 4.85. The van der Waals surface area contributed by atoms with E-state index in [4.69, 9.17) is 19.7 Å². The Morgan fingerprint density at radius 3 is 1.18 bits per heavy atom. The van der Waals surface area contributed by atoms with Gasteiger partial charge in [-0.25, -0.2) is 0 Å². The number of benzene rings is 2. The van der Waals surface area contributed by atoms with Gasteiger partial charge in [0, 0.05) is 13.2 Å². The van der Waals surface area contributed by atoms with Crippen LogP contribution in [-0.4, -0.2) is 36.6 Å². The molecule has 4 heteroatoms. The van der Waals surface area contributed by atoms with Crippen LogP contribution in [0.15, 0.2) is 24.3 Å². The van der Waals surface area contributed by atoms with Crippen LogP contribution in [0.1, 0.15) is 47.9 Å². The second kappa shape index (κ2) is 11.1. The molecule has 0 saturated carbocycles. The highest BCUT2D eigenvalue weighted by molar-refractivity contribution is 5.70. The van der Waals surface area contributed by atoms with E-state index in [9.17, 15) is 0 Å². The van der Waals surface area contributed by atoms with Crippen molar-refractivity contribution in [3.63, 3.8) is 0 Å². The summed E-state index contributed by atoms with van der Waals surface area (Å²) >= 11 is 0. The Morgan fingerprint density at radius 1 is 0.571 bits per heavy atom. The summed E-state index contributed by atoms with van der Waals surface area (Å²) in [6, 6.07) is 8.68. The Morgan fingerprint density at radius 2 is 0.893 bits per heavy atom. The van der Waals surface area contributed by atoms with Gasteiger partial charge >= 0.3 is 0 Å². The molecule has 0 heterocycles. The number of hydrogen-bond acceptors (Lipinski definition) is 4. The van der Waals surface area contributed by atoms with Crippen LogP contribution < -0.4 is 9.47 Å². The predicted octanol–water partition coefficient (Wildman–Crippen LogP) is 4.89. The Labute approximate surface area is 169 Å². The largest absolute Gasteiger partial charge is 0.493 e. The van der Waals surface area contributed by atoms with Crippen molar-refractivity contribution in [2.75, 3.05) is 26.4 Å². The fraction of sp³-hybridized carbons (Fsp3) is 0.500. The van der Waals surface area contributed by atoms with E-state index in [0.717, 1.165) is 59.4 Å². The standard InChI is InChI=1S/C24H34O4/c1-17-13-21(14-18(2)23(17)27-11-7-5-9-25)22-15-19(3)24(20(4)16-22)28-12-8-6-10-26/h13-16,25-26H,5-12H2,1-4H3. The zero-order valence-electron chi connectivity index (χ0n) is 17.7. The monoisotopic (exact) mass is 386 g/mol. The lowest BCUT2D eigenvalue weighted by Crippen LogP contribution is -2.03. The molecule has 0 bridgehead atoms. The molecular weight excluding hydrogens is 352 g/mol. The van der Waals surface area contributed by atoms with Gasteiger partial charge < -0.3 is 19.7 Å². The van der Waals surface area contributed by atoms with E-state index in [1.165, 1.54) is 11.1 Å². The molecule has 0 radical (unpaired) electrons. The molecule has 0 aromatic heterocycles. The van der Waals surface area contributed by atoms with Crippen LogP contribution in [0.3, 0.4) is 0 Å². The van der Waals surface area contributed by atoms with E-state index in [-0.39, 0.29) is 13.2 Å². The summed E-state index contributed by atoms with van der Waals surface area (Å²) in [5.41, 5.74) is 6.85. The molecule has 0 aliphatic heterocycles. The molecule has 0 amide bonds. The first-order valence-corrected chi connectivity index (χ1v) is 10.2. The normalized spacial score (nSPS) is 10.9. The van der Waals surface area contributed by atoms with Crippen LogP contribution in [0.25, 0.3) is 11.1 Å². The number of aliphatic hydroxyl groups excluding tert-OH is 2. The molecule has 0 aliphatic rings. The second-order valence-electron chi connectivity index (χ2n) is 7.44. The molecule has 0 fully saturated rings. The van der Waals surface area contributed by atoms with Crippen molar-refractivity contribution < 1.29 is 19.7 Å². The molecule has 2 N–H and O–H groups in total. The Balaban J connectivity index is 2.18. The first-order chi connectivity index (χ1) is 13.5. The molecule has 0 saturated heterocycles. The Kier molecular flexibility index (Phi) is 8.81. The molecular formula is C24H34O4. The van der Waals surface area contributed by atoms with Gasteiger partial charge in [0.25, 0.3) is 0 Å². The second-order valence-corrected chi connectivity index (χ2v) is 7.44. The molecule has 0 atom stereocenters. The summed E-state index contributed by atoms with van der Waals surface area (Å²) in [6.45, 7) is 9.99. The number of hydrogen-bond donors (Lipinski definition) is 2. The van der Waals surface area contributed by atoms with Crippen LogP contribution in [0.2, 0.25) is 0 Å². The average Bonchev–Trinajstić information content (AvgIpc) is 2.65. The summed E-state index contributed by atoms with van der Waals surface area (Å²) in [7, 11) is 0. The van der Waals surface area contributed by atoms with Crippen LogP contribution in [0, 0.1) is 27.7 Å². The predicted molar refractivity (Wildman–Crippen MR) is 114 cm³/mol. The Hall–Kier alpha value is -2.04. The van der Waals surface area contributed by atoms with E-state index in [2.05, 4.69) is 52.0 Å². The first kappa shape index (κ1) is 22.3. The van der Waals surface area contributed by atoms with Crippen molar-refractivity contribution in [2.24, 2.45) is 0 Å². The molecule has 2 aromatic carbocycles. The minimum Gasteiger partial charge on any atom is -0.493 e. The lowest BCUT2D eigenvalue weighted by atomic mass is 9.96. The van der Waals surface area contributed by atoms with Gasteiger partial charge in [-0.2, -0.15) is 0 Å². The molecule has 2 rings (SSSR count). The maximum Gasteiger partial charge on any atom is 0.125 e. The third kappa shape index (κ3) is 5.98. The number of rotatable bonds is 11. The third-order valence-corrected chi connectivity index (χ3v) is 4.85. The van der Waals surface area contributed by atoms with Gasteiger partial charge in [-0.3, -0.25) is 0 Å². The summed E-state index contributed by atoms with van der Waals surface area (Å²) in [6.07, 6.45) is 3.25. The van der Waals surface area contributed by atoms with Crippen LogP contribution in [-0.2, 0) is 0 Å². The molecule has 0 aliphatic carbocycles. The van der Waals surface area contributed by atoms with Gasteiger partial charge in [-0.1, -0.05) is 0 Å². The number of aliphatic hydroxyl groups is 2. The van der Waals surface area contributed by atoms with Crippen molar-refractivity contribution in [1.82, 2.24) is 0 Å². The maximum atomic E-state index is 8.90. The highest BCUT2D eigenvalue weighted by atomic mass is 16.5. The van der Waals surface area contributed by atoms with Crippen molar-refractivity contribution >= 4 is 0 Å². The minimum absolute atomic E-state index is 0.208. The molecule has 28 heavy (non-hydrogen) atoms. The van der Waals surface area contributed by atoms with E-state index in [1.54, 1.807) is 0 Å². The summed E-state index contributed by atoms with van der Waals surface area (Å²) in [4.78, 5) is 0. The topological polar surface area (TPSA) is 58.9 Å². The maximum absolute atomic E-state index is 8.90. The van der Waals surface area contributed by atoms with Gasteiger partial charge in [0.05, 0.1) is 13.2 Å². The van der Waals surface area contributed by atoms with Gasteiger partial charge in [-0.05, 0) is 111 Å². The SMILES string of the molecule is Cc1cc(-c2cc(C)c(OCCCCO)c(C)c2)cc(C)c1OCCCCO. The number of aryl methyl sites for hydroxylation is 4. The molecule has 0 unspecified atom stereocenters. The lowest BCUT2D eigenvalue weighted by molar-refractivity contribution is 0.252. The lowest BCUT2D eigenvalue weighted by Gasteiger charge is -2.17. The van der Waals surface area contributed by atoms with Crippen LogP contribution in [0.4, 0.5) is 0 Å². The van der Waals surface area contributed by atoms with E-state index in [0.29, 0.717) is 13.2 Å². The smallest absolute Gasteiger partial charge is 0.125 e. The Bertz CT molecular complexity index is 656. The van der Waals surface area contributed by atoms with Crippen molar-refractivity contribution in [1.29, 1.82) is 0 Å². The van der Waals surface area contributed by atoms with Gasteiger partial charge in [0.15, 0.2) is 0 Å². The minimum atomic E-state index is 0.208. The molecule has 0 spiro atoms. The molecule has 2 aromatic rings. The highest BCUT2D eigenvalue weighted by Gasteiger charge is 2.11. The highest BCUT2D eigenvalue weighted by Crippen LogP contribution is 2.34. The van der Waals surface area contributed by atoms with E-state index >= 15 is 0 Å². The summed E-state index contributed by atoms with van der Waals surface area (Å²) < 4.78 is 11.9. The van der Waals surface area contributed by atoms with Crippen LogP contribution in [0.5, 0.6) is 11.5 Å². The van der Waals surface area contributed by atoms with Crippen LogP contribution >= 0.6 is 0 Å². The van der Waals surface area contributed by atoms with Gasteiger partial charge in [0.2, 0.25) is 0 Å². The zero-order valence-corrected chi connectivity index (χ0v) is 17.7. The quantitative estimate of drug-likeness (QED) is 0.540. The van der Waals surface area contributed by atoms with Crippen molar-refractivity contribution in [3.05, 3.63) is 46.5 Å². The first-order valence-electron chi connectivity index (χ1n) is 10.2. The summed E-state index contributed by atoms with van der Waals surface area (Å²) in [5, 5.41) is 17.8. The fourth-order valence-electron chi connectivity index (χ4n) is 3.47. The van der Waals surface area contributed by atoms with Crippen molar-refractivity contribution in [2.45, 2.75) is 53.4 Å². The molecule has 154 valence electrons. The fourth-order valence-corrected chi connectivity index (χ4v) is 3.47. The van der Waals surface area contributed by atoms with E-state index < -0.39 is 0 Å². The van der Waals surface area contributed by atoms with E-state index in [1.807, 2.05) is 0 Å². The zero-order chi connectivity index (χ0) is 20.5.